The van der Waals surface area contributed by atoms with Crippen LogP contribution in [0.2, 0.25) is 0 Å². The lowest BCUT2D eigenvalue weighted by Gasteiger charge is -2.16. The first-order chi connectivity index (χ1) is 8.91. The van der Waals surface area contributed by atoms with Crippen LogP contribution in [0.3, 0.4) is 0 Å². The van der Waals surface area contributed by atoms with Crippen LogP contribution in [-0.2, 0) is 14.6 Å². The molecule has 110 valence electrons. The second-order valence-electron chi connectivity index (χ2n) is 6.06. The van der Waals surface area contributed by atoms with Crippen LogP contribution in [0.4, 0.5) is 0 Å². The number of hydrogen-bond acceptors (Lipinski definition) is 4. The molecule has 1 saturated heterocycles. The van der Waals surface area contributed by atoms with Crippen molar-refractivity contribution in [1.29, 1.82) is 0 Å². The topological polar surface area (TPSA) is 74.7 Å². The van der Waals surface area contributed by atoms with Gasteiger partial charge in [-0.2, -0.15) is 0 Å². The summed E-state index contributed by atoms with van der Waals surface area (Å²) in [7, 11) is -3.10. The molecule has 0 spiro atoms. The number of nitrogens with zero attached hydrogens (tertiary/aromatic N) is 1. The van der Waals surface area contributed by atoms with E-state index >= 15 is 0 Å². The van der Waals surface area contributed by atoms with Gasteiger partial charge in [0.05, 0.1) is 17.9 Å². The first-order valence-electron chi connectivity index (χ1n) is 7.05. The van der Waals surface area contributed by atoms with E-state index in [-0.39, 0.29) is 17.9 Å². The highest BCUT2D eigenvalue weighted by Gasteiger charge is 2.47. The van der Waals surface area contributed by atoms with E-state index in [0.717, 1.165) is 32.5 Å². The van der Waals surface area contributed by atoms with Gasteiger partial charge in [0.2, 0.25) is 0 Å². The Labute approximate surface area is 114 Å². The summed E-state index contributed by atoms with van der Waals surface area (Å²) in [6, 6.07) is 0. The molecule has 0 bridgehead atoms. The Morgan fingerprint density at radius 1 is 1.21 bits per heavy atom. The molecule has 1 N–H and O–H groups in total. The third-order valence-corrected chi connectivity index (χ3v) is 6.10. The van der Waals surface area contributed by atoms with Gasteiger partial charge in [0.1, 0.15) is 0 Å². The lowest BCUT2D eigenvalue weighted by molar-refractivity contribution is -0.138. The first-order valence-corrected chi connectivity index (χ1v) is 8.88. The molecule has 2 aliphatic rings. The van der Waals surface area contributed by atoms with Crippen LogP contribution in [-0.4, -0.2) is 55.5 Å². The maximum absolute atomic E-state index is 12.0. The van der Waals surface area contributed by atoms with Crippen molar-refractivity contribution < 1.29 is 18.3 Å². The van der Waals surface area contributed by atoms with Crippen molar-refractivity contribution in [3.05, 3.63) is 0 Å². The summed E-state index contributed by atoms with van der Waals surface area (Å²) < 4.78 is 24.1. The zero-order chi connectivity index (χ0) is 13.9. The first kappa shape index (κ1) is 14.8. The highest BCUT2D eigenvalue weighted by Crippen LogP contribution is 2.49. The number of carbonyl (C=O) groups is 1. The van der Waals surface area contributed by atoms with Crippen LogP contribution in [0, 0.1) is 5.41 Å². The predicted octanol–water partition coefficient (Wildman–Crippen LogP) is 1.14. The molecule has 1 saturated carbocycles. The van der Waals surface area contributed by atoms with Crippen LogP contribution in [0.15, 0.2) is 0 Å². The summed E-state index contributed by atoms with van der Waals surface area (Å²) in [5.74, 6) is -0.623. The number of aliphatic carboxylic acids is 1. The Balaban J connectivity index is 1.73. The molecule has 0 atom stereocenters. The summed E-state index contributed by atoms with van der Waals surface area (Å²) in [6.45, 7) is 3.02. The summed E-state index contributed by atoms with van der Waals surface area (Å²) in [6.07, 6.45) is 4.59. The summed E-state index contributed by atoms with van der Waals surface area (Å²) >= 11 is 0. The molecule has 1 aliphatic heterocycles. The average molecular weight is 289 g/mol. The molecule has 2 fully saturated rings. The summed E-state index contributed by atoms with van der Waals surface area (Å²) in [5, 5.41) is 8.80. The highest BCUT2D eigenvalue weighted by atomic mass is 32.2. The van der Waals surface area contributed by atoms with E-state index in [0.29, 0.717) is 6.42 Å². The van der Waals surface area contributed by atoms with Crippen LogP contribution in [0.5, 0.6) is 0 Å². The minimum absolute atomic E-state index is 0.00163. The quantitative estimate of drug-likeness (QED) is 0.725. The van der Waals surface area contributed by atoms with Crippen LogP contribution >= 0.6 is 0 Å². The Hall–Kier alpha value is -0.620. The molecule has 0 aromatic rings. The molecule has 1 aliphatic carbocycles. The zero-order valence-corrected chi connectivity index (χ0v) is 12.1. The molecule has 2 rings (SSSR count). The Morgan fingerprint density at radius 2 is 1.84 bits per heavy atom. The van der Waals surface area contributed by atoms with E-state index in [1.54, 1.807) is 0 Å². The van der Waals surface area contributed by atoms with Crippen molar-refractivity contribution in [2.75, 3.05) is 31.1 Å². The molecule has 6 heteroatoms. The summed E-state index contributed by atoms with van der Waals surface area (Å²) in [4.78, 5) is 13.0. The number of carboxylic acids is 1. The lowest BCUT2D eigenvalue weighted by Crippen LogP contribution is -2.26. The molecule has 1 heterocycles. The van der Waals surface area contributed by atoms with Gasteiger partial charge in [0.25, 0.3) is 0 Å². The Morgan fingerprint density at radius 3 is 2.37 bits per heavy atom. The molecule has 0 aromatic heterocycles. The molecule has 0 amide bonds. The predicted molar refractivity (Wildman–Crippen MR) is 72.9 cm³/mol. The molecule has 5 nitrogen and oxygen atoms in total. The van der Waals surface area contributed by atoms with Gasteiger partial charge in [0, 0.05) is 0 Å². The molecule has 0 radical (unpaired) electrons. The third-order valence-electron chi connectivity index (χ3n) is 4.14. The maximum Gasteiger partial charge on any atom is 0.303 e. The van der Waals surface area contributed by atoms with Gasteiger partial charge in [-0.05, 0) is 57.2 Å². The molecule has 19 heavy (non-hydrogen) atoms. The van der Waals surface area contributed by atoms with Crippen LogP contribution in [0.25, 0.3) is 0 Å². The van der Waals surface area contributed by atoms with E-state index in [9.17, 15) is 13.2 Å². The van der Waals surface area contributed by atoms with Crippen molar-refractivity contribution in [3.8, 4) is 0 Å². The number of rotatable bonds is 8. The second-order valence-corrected chi connectivity index (χ2v) is 8.25. The minimum Gasteiger partial charge on any atom is -0.481 e. The van der Waals surface area contributed by atoms with E-state index in [4.69, 9.17) is 5.11 Å². The smallest absolute Gasteiger partial charge is 0.303 e. The molecular weight excluding hydrogens is 266 g/mol. The number of carboxylic acid groups (broad SMARTS) is 1. The van der Waals surface area contributed by atoms with Crippen molar-refractivity contribution in [2.45, 2.75) is 38.5 Å². The van der Waals surface area contributed by atoms with E-state index in [2.05, 4.69) is 4.90 Å². The molecule has 0 unspecified atom stereocenters. The van der Waals surface area contributed by atoms with E-state index in [1.165, 1.54) is 12.8 Å². The molecular formula is C13H23NO4S. The zero-order valence-electron chi connectivity index (χ0n) is 11.3. The van der Waals surface area contributed by atoms with Gasteiger partial charge in [0.15, 0.2) is 9.84 Å². The van der Waals surface area contributed by atoms with Gasteiger partial charge in [-0.1, -0.05) is 0 Å². The fourth-order valence-corrected chi connectivity index (χ4v) is 4.96. The van der Waals surface area contributed by atoms with Crippen molar-refractivity contribution in [1.82, 2.24) is 4.90 Å². The van der Waals surface area contributed by atoms with Crippen molar-refractivity contribution in [3.63, 3.8) is 0 Å². The van der Waals surface area contributed by atoms with Gasteiger partial charge >= 0.3 is 5.97 Å². The second kappa shape index (κ2) is 5.79. The lowest BCUT2D eigenvalue weighted by atomic mass is 10.1. The normalized spacial score (nSPS) is 22.5. The monoisotopic (exact) mass is 289 g/mol. The number of hydrogen-bond donors (Lipinski definition) is 1. The minimum atomic E-state index is -3.10. The SMILES string of the molecule is O=C(O)CC1(CS(=O)(=O)CCCN2CCCC2)CC1. The third kappa shape index (κ3) is 4.76. The Bertz CT molecular complexity index is 422. The van der Waals surface area contributed by atoms with Crippen molar-refractivity contribution >= 4 is 15.8 Å². The number of sulfone groups is 1. The largest absolute Gasteiger partial charge is 0.481 e. The standard InChI is InChI=1S/C13H23NO4S/c15-12(16)10-13(4-5-13)11-19(17,18)9-3-8-14-6-1-2-7-14/h1-11H2,(H,15,16). The van der Waals surface area contributed by atoms with Gasteiger partial charge in [-0.15, -0.1) is 0 Å². The fourth-order valence-electron chi connectivity index (χ4n) is 2.92. The maximum atomic E-state index is 12.0. The van der Waals surface area contributed by atoms with Gasteiger partial charge in [-0.3, -0.25) is 4.79 Å². The van der Waals surface area contributed by atoms with Gasteiger partial charge < -0.3 is 10.0 Å². The highest BCUT2D eigenvalue weighted by molar-refractivity contribution is 7.91. The summed E-state index contributed by atoms with van der Waals surface area (Å²) in [5.41, 5.74) is -0.446. The van der Waals surface area contributed by atoms with Gasteiger partial charge in [-0.25, -0.2) is 8.42 Å². The van der Waals surface area contributed by atoms with E-state index < -0.39 is 21.2 Å². The van der Waals surface area contributed by atoms with E-state index in [1.807, 2.05) is 0 Å². The number of likely N-dealkylation sites (tertiary alicyclic amines) is 1. The fraction of sp³-hybridized carbons (Fsp3) is 0.923. The van der Waals surface area contributed by atoms with Crippen LogP contribution in [0.1, 0.15) is 38.5 Å². The van der Waals surface area contributed by atoms with Crippen LogP contribution < -0.4 is 0 Å². The Kier molecular flexibility index (Phi) is 4.50. The average Bonchev–Trinajstić information content (AvgIpc) is 2.82. The van der Waals surface area contributed by atoms with Crippen molar-refractivity contribution in [2.24, 2.45) is 5.41 Å². The molecule has 0 aromatic carbocycles.